The van der Waals surface area contributed by atoms with Crippen molar-refractivity contribution >= 4 is 5.78 Å². The topological polar surface area (TPSA) is 42.0 Å². The zero-order valence-electron chi connectivity index (χ0n) is 6.67. The molecule has 64 valence electrons. The number of Topliss-reactive ketones (excluding diaryl/α,β-unsaturated/α-hetero) is 1. The number of carbonyl (C=O) groups is 1. The van der Waals surface area contributed by atoms with Crippen LogP contribution in [0.2, 0.25) is 0 Å². The molecule has 0 saturated heterocycles. The molecule has 12 heavy (non-hydrogen) atoms. The molecule has 0 unspecified atom stereocenters. The summed E-state index contributed by atoms with van der Waals surface area (Å²) in [7, 11) is 1.65. The highest BCUT2D eigenvalue weighted by Crippen LogP contribution is 1.99. The van der Waals surface area contributed by atoms with Crippen LogP contribution >= 0.6 is 0 Å². The Bertz CT molecular complexity index is 288. The molecule has 1 N–H and O–H groups in total. The predicted molar refractivity (Wildman–Crippen MR) is 42.5 cm³/mol. The van der Waals surface area contributed by atoms with Crippen molar-refractivity contribution < 1.29 is 9.18 Å². The number of nitrogens with one attached hydrogen (secondary N) is 1. The third kappa shape index (κ3) is 2.10. The number of likely N-dealkylation sites (N-methyl/N-ethyl adjacent to an activating group) is 1. The molecule has 1 aromatic rings. The molecule has 1 heterocycles. The second-order valence-electron chi connectivity index (χ2n) is 2.31. The van der Waals surface area contributed by atoms with Crippen LogP contribution < -0.4 is 5.32 Å². The van der Waals surface area contributed by atoms with Gasteiger partial charge in [0.2, 0.25) is 0 Å². The van der Waals surface area contributed by atoms with Crippen LogP contribution in [0.1, 0.15) is 10.5 Å². The summed E-state index contributed by atoms with van der Waals surface area (Å²) in [5.41, 5.74) is 0.157. The fraction of sp³-hybridized carbons (Fsp3) is 0.250. The van der Waals surface area contributed by atoms with Crippen molar-refractivity contribution in [2.75, 3.05) is 13.6 Å². The van der Waals surface area contributed by atoms with E-state index >= 15 is 0 Å². The Morgan fingerprint density at radius 1 is 1.75 bits per heavy atom. The molecule has 0 amide bonds. The largest absolute Gasteiger partial charge is 0.313 e. The minimum Gasteiger partial charge on any atom is -0.313 e. The monoisotopic (exact) mass is 168 g/mol. The molecule has 0 atom stereocenters. The highest BCUT2D eigenvalue weighted by atomic mass is 19.1. The number of rotatable bonds is 3. The highest BCUT2D eigenvalue weighted by Gasteiger charge is 2.05. The van der Waals surface area contributed by atoms with Gasteiger partial charge in [0.1, 0.15) is 11.5 Å². The van der Waals surface area contributed by atoms with Gasteiger partial charge in [-0.2, -0.15) is 0 Å². The first-order chi connectivity index (χ1) is 5.74. The van der Waals surface area contributed by atoms with Crippen molar-refractivity contribution in [2.45, 2.75) is 0 Å². The van der Waals surface area contributed by atoms with Crippen molar-refractivity contribution in [3.63, 3.8) is 0 Å². The number of nitrogens with zero attached hydrogens (tertiary/aromatic N) is 1. The first-order valence-corrected chi connectivity index (χ1v) is 3.53. The van der Waals surface area contributed by atoms with Gasteiger partial charge in [0.25, 0.3) is 0 Å². The van der Waals surface area contributed by atoms with E-state index in [2.05, 4.69) is 10.3 Å². The Labute approximate surface area is 69.6 Å². The normalized spacial score (nSPS) is 9.83. The van der Waals surface area contributed by atoms with Gasteiger partial charge >= 0.3 is 0 Å². The molecule has 0 radical (unpaired) electrons. The summed E-state index contributed by atoms with van der Waals surface area (Å²) in [6.07, 6.45) is 1.28. The van der Waals surface area contributed by atoms with Crippen molar-refractivity contribution in [2.24, 2.45) is 0 Å². The summed E-state index contributed by atoms with van der Waals surface area (Å²) >= 11 is 0. The maximum atomic E-state index is 12.6. The molecule has 0 fully saturated rings. The van der Waals surface area contributed by atoms with Crippen LogP contribution in [0.25, 0.3) is 0 Å². The molecule has 0 saturated carbocycles. The van der Waals surface area contributed by atoms with Crippen LogP contribution in [0.4, 0.5) is 4.39 Å². The average molecular weight is 168 g/mol. The van der Waals surface area contributed by atoms with Gasteiger partial charge in [-0.05, 0) is 13.1 Å². The molecule has 0 aliphatic carbocycles. The molecule has 0 spiro atoms. The number of hydrogen-bond acceptors (Lipinski definition) is 3. The Morgan fingerprint density at radius 3 is 3.08 bits per heavy atom. The zero-order chi connectivity index (χ0) is 8.97. The van der Waals surface area contributed by atoms with Crippen molar-refractivity contribution in [1.82, 2.24) is 10.3 Å². The Hall–Kier alpha value is -1.29. The van der Waals surface area contributed by atoms with E-state index in [0.29, 0.717) is 0 Å². The second-order valence-corrected chi connectivity index (χ2v) is 2.31. The van der Waals surface area contributed by atoms with E-state index in [1.165, 1.54) is 12.3 Å². The molecule has 0 aliphatic heterocycles. The molecule has 0 aliphatic rings. The summed E-state index contributed by atoms with van der Waals surface area (Å²) in [5, 5.41) is 2.67. The fourth-order valence-corrected chi connectivity index (χ4v) is 0.808. The molecule has 0 bridgehead atoms. The molecule has 4 heteroatoms. The van der Waals surface area contributed by atoms with Gasteiger partial charge in [-0.25, -0.2) is 4.39 Å². The molecule has 1 aromatic heterocycles. The summed E-state index contributed by atoms with van der Waals surface area (Å²) in [5.74, 6) is -0.651. The number of hydrogen-bond donors (Lipinski definition) is 1. The lowest BCUT2D eigenvalue weighted by Gasteiger charge is -1.97. The maximum absolute atomic E-state index is 12.6. The van der Waals surface area contributed by atoms with Gasteiger partial charge in [0.05, 0.1) is 6.54 Å². The number of ketones is 1. The average Bonchev–Trinajstić information content (AvgIpc) is 2.05. The van der Waals surface area contributed by atoms with E-state index in [-0.39, 0.29) is 18.0 Å². The van der Waals surface area contributed by atoms with Crippen molar-refractivity contribution in [3.05, 3.63) is 29.8 Å². The number of aromatic nitrogens is 1. The van der Waals surface area contributed by atoms with E-state index in [1.54, 1.807) is 7.05 Å². The van der Waals surface area contributed by atoms with Gasteiger partial charge in [0.15, 0.2) is 5.78 Å². The first kappa shape index (κ1) is 8.80. The van der Waals surface area contributed by atoms with Crippen LogP contribution in [-0.4, -0.2) is 24.4 Å². The fourth-order valence-electron chi connectivity index (χ4n) is 0.808. The molecule has 0 aromatic carbocycles. The summed E-state index contributed by atoms with van der Waals surface area (Å²) in [6.45, 7) is 0.177. The molecule has 1 rings (SSSR count). The highest BCUT2D eigenvalue weighted by molar-refractivity contribution is 5.95. The quantitative estimate of drug-likeness (QED) is 0.673. The van der Waals surface area contributed by atoms with E-state index in [4.69, 9.17) is 0 Å². The van der Waals surface area contributed by atoms with Gasteiger partial charge in [-0.3, -0.25) is 9.78 Å². The van der Waals surface area contributed by atoms with Crippen LogP contribution in [0.15, 0.2) is 18.3 Å². The smallest absolute Gasteiger partial charge is 0.194 e. The Kier molecular flexibility index (Phi) is 2.88. The summed E-state index contributed by atoms with van der Waals surface area (Å²) < 4.78 is 12.6. The first-order valence-electron chi connectivity index (χ1n) is 3.53. The minimum atomic E-state index is -0.440. The van der Waals surface area contributed by atoms with E-state index in [9.17, 15) is 9.18 Å². The molecular weight excluding hydrogens is 159 g/mol. The standard InChI is InChI=1S/C8H9FN2O/c1-10-5-8(12)7-4-6(9)2-3-11-7/h2-4,10H,5H2,1H3. The van der Waals surface area contributed by atoms with Crippen LogP contribution in [-0.2, 0) is 0 Å². The Morgan fingerprint density at radius 2 is 2.50 bits per heavy atom. The lowest BCUT2D eigenvalue weighted by atomic mass is 10.2. The van der Waals surface area contributed by atoms with Crippen LogP contribution in [0.5, 0.6) is 0 Å². The zero-order valence-corrected chi connectivity index (χ0v) is 6.67. The number of halogens is 1. The van der Waals surface area contributed by atoms with Gasteiger partial charge in [-0.1, -0.05) is 0 Å². The molecule has 3 nitrogen and oxygen atoms in total. The lowest BCUT2D eigenvalue weighted by Crippen LogP contribution is -2.19. The maximum Gasteiger partial charge on any atom is 0.194 e. The van der Waals surface area contributed by atoms with Gasteiger partial charge in [0, 0.05) is 12.3 Å². The van der Waals surface area contributed by atoms with E-state index in [1.807, 2.05) is 0 Å². The van der Waals surface area contributed by atoms with Crippen LogP contribution in [0, 0.1) is 5.82 Å². The van der Waals surface area contributed by atoms with Crippen LogP contribution in [0.3, 0.4) is 0 Å². The van der Waals surface area contributed by atoms with Gasteiger partial charge in [-0.15, -0.1) is 0 Å². The number of carbonyl (C=O) groups excluding carboxylic acids is 1. The third-order valence-corrected chi connectivity index (χ3v) is 1.35. The predicted octanol–water partition coefficient (Wildman–Crippen LogP) is 0.623. The minimum absolute atomic E-state index is 0.157. The lowest BCUT2D eigenvalue weighted by molar-refractivity contribution is 0.0988. The van der Waals surface area contributed by atoms with E-state index < -0.39 is 5.82 Å². The third-order valence-electron chi connectivity index (χ3n) is 1.35. The van der Waals surface area contributed by atoms with Crippen molar-refractivity contribution in [1.29, 1.82) is 0 Å². The summed E-state index contributed by atoms with van der Waals surface area (Å²) in [6, 6.07) is 2.33. The van der Waals surface area contributed by atoms with E-state index in [0.717, 1.165) is 6.07 Å². The Balaban J connectivity index is 2.81. The second kappa shape index (κ2) is 3.92. The van der Waals surface area contributed by atoms with Crippen molar-refractivity contribution in [3.8, 4) is 0 Å². The number of pyridine rings is 1. The molecular formula is C8H9FN2O. The summed E-state index contributed by atoms with van der Waals surface area (Å²) in [4.78, 5) is 14.8. The van der Waals surface area contributed by atoms with Gasteiger partial charge < -0.3 is 5.32 Å². The SMILES string of the molecule is CNCC(=O)c1cc(F)ccn1.